The zero-order valence-corrected chi connectivity index (χ0v) is 14.1. The molecule has 2 aliphatic heterocycles. The molecule has 4 rings (SSSR count). The maximum Gasteiger partial charge on any atom is 0.205 e. The second-order valence-electron chi connectivity index (χ2n) is 5.79. The Bertz CT molecular complexity index is 828. The predicted molar refractivity (Wildman–Crippen MR) is 93.5 cm³/mol. The Hall–Kier alpha value is -1.69. The largest absolute Gasteiger partial charge is 0.374 e. The number of amidine groups is 1. The van der Waals surface area contributed by atoms with Gasteiger partial charge in [-0.25, -0.2) is 4.99 Å². The second-order valence-corrected chi connectivity index (χ2v) is 7.34. The van der Waals surface area contributed by atoms with E-state index in [9.17, 15) is 9.90 Å². The number of aliphatic hydroxyl groups is 1. The average Bonchev–Trinajstić information content (AvgIpc) is 3.11. The summed E-state index contributed by atoms with van der Waals surface area (Å²) in [5, 5.41) is 12.3. The van der Waals surface area contributed by atoms with Gasteiger partial charge in [-0.2, -0.15) is 0 Å². The van der Waals surface area contributed by atoms with Gasteiger partial charge in [0.1, 0.15) is 5.00 Å². The molecule has 1 aromatic carbocycles. The fraction of sp³-hybridized carbons (Fsp3) is 0.294. The topological polar surface area (TPSA) is 52.9 Å². The molecule has 1 saturated heterocycles. The molecule has 118 valence electrons. The first kappa shape index (κ1) is 14.9. The molecule has 3 heterocycles. The molecule has 0 unspecified atom stereocenters. The van der Waals surface area contributed by atoms with Gasteiger partial charge in [0.2, 0.25) is 5.78 Å². The maximum atomic E-state index is 12.8. The highest BCUT2D eigenvalue weighted by molar-refractivity contribution is 7.16. The number of carbonyl (C=O) groups excluding carboxylic acids is 1. The number of Topliss-reactive ketones (excluding diaryl/α,β-unsaturated/α-hetero) is 1. The number of anilines is 1. The van der Waals surface area contributed by atoms with Gasteiger partial charge in [0, 0.05) is 28.6 Å². The van der Waals surface area contributed by atoms with Gasteiger partial charge < -0.3 is 10.0 Å². The lowest BCUT2D eigenvalue weighted by atomic mass is 9.90. The number of halogens is 1. The Labute approximate surface area is 143 Å². The highest BCUT2D eigenvalue weighted by Crippen LogP contribution is 2.43. The third kappa shape index (κ3) is 2.15. The molecule has 4 nitrogen and oxygen atoms in total. The summed E-state index contributed by atoms with van der Waals surface area (Å²) in [7, 11) is 0. The lowest BCUT2D eigenvalue weighted by Gasteiger charge is -2.28. The quantitative estimate of drug-likeness (QED) is 0.899. The van der Waals surface area contributed by atoms with Crippen LogP contribution in [0.2, 0.25) is 5.02 Å². The van der Waals surface area contributed by atoms with E-state index in [0.717, 1.165) is 17.0 Å². The fourth-order valence-corrected chi connectivity index (χ4v) is 4.21. The average molecular weight is 347 g/mol. The lowest BCUT2D eigenvalue weighted by molar-refractivity contribution is 0.0603. The molecule has 1 atom stereocenters. The molecule has 6 heteroatoms. The van der Waals surface area contributed by atoms with E-state index in [2.05, 4.69) is 4.99 Å². The van der Waals surface area contributed by atoms with Crippen LogP contribution in [0.4, 0.5) is 10.7 Å². The van der Waals surface area contributed by atoms with Crippen LogP contribution in [0.5, 0.6) is 0 Å². The van der Waals surface area contributed by atoms with Crippen LogP contribution < -0.4 is 4.90 Å². The molecular formula is C17H15ClN2O2S. The molecule has 23 heavy (non-hydrogen) atoms. The van der Waals surface area contributed by atoms with Crippen molar-refractivity contribution in [3.05, 3.63) is 45.8 Å². The van der Waals surface area contributed by atoms with Crippen molar-refractivity contribution in [3.8, 4) is 0 Å². The van der Waals surface area contributed by atoms with E-state index < -0.39 is 5.60 Å². The maximum absolute atomic E-state index is 12.8. The highest BCUT2D eigenvalue weighted by Gasteiger charge is 2.52. The van der Waals surface area contributed by atoms with Crippen LogP contribution >= 0.6 is 22.9 Å². The summed E-state index contributed by atoms with van der Waals surface area (Å²) in [6.07, 6.45) is 1.21. The van der Waals surface area contributed by atoms with Crippen molar-refractivity contribution in [2.45, 2.75) is 25.4 Å². The Balaban J connectivity index is 1.83. The molecule has 0 amide bonds. The number of thiophene rings is 1. The Morgan fingerprint density at radius 1 is 1.39 bits per heavy atom. The van der Waals surface area contributed by atoms with Crippen molar-refractivity contribution < 1.29 is 9.90 Å². The third-order valence-electron chi connectivity index (χ3n) is 4.40. The molecule has 2 aromatic rings. The Kier molecular flexibility index (Phi) is 3.34. The summed E-state index contributed by atoms with van der Waals surface area (Å²) >= 11 is 7.46. The molecule has 0 bridgehead atoms. The molecule has 1 N–H and O–H groups in total. The summed E-state index contributed by atoms with van der Waals surface area (Å²) in [5.41, 5.74) is -0.0812. The van der Waals surface area contributed by atoms with Crippen molar-refractivity contribution in [2.24, 2.45) is 4.99 Å². The molecule has 1 fully saturated rings. The van der Waals surface area contributed by atoms with Crippen LogP contribution in [0.1, 0.15) is 28.6 Å². The normalized spacial score (nSPS) is 22.8. The zero-order chi connectivity index (χ0) is 16.2. The van der Waals surface area contributed by atoms with Crippen molar-refractivity contribution in [1.29, 1.82) is 0 Å². The van der Waals surface area contributed by atoms with Crippen molar-refractivity contribution in [2.75, 3.05) is 11.4 Å². The van der Waals surface area contributed by atoms with Crippen LogP contribution in [0.25, 0.3) is 0 Å². The van der Waals surface area contributed by atoms with Crippen LogP contribution in [-0.4, -0.2) is 28.9 Å². The summed E-state index contributed by atoms with van der Waals surface area (Å²) in [6, 6.07) is 9.22. The number of aliphatic imine (C=N–C) groups is 1. The molecule has 2 aliphatic rings. The smallest absolute Gasteiger partial charge is 0.205 e. The number of rotatable bonds is 2. The van der Waals surface area contributed by atoms with E-state index in [1.54, 1.807) is 12.1 Å². The first-order chi connectivity index (χ1) is 11.0. The van der Waals surface area contributed by atoms with E-state index in [1.165, 1.54) is 11.3 Å². The zero-order valence-electron chi connectivity index (χ0n) is 12.5. The van der Waals surface area contributed by atoms with Gasteiger partial charge in [-0.3, -0.25) is 4.79 Å². The van der Waals surface area contributed by atoms with Gasteiger partial charge in [0.15, 0.2) is 11.4 Å². The van der Waals surface area contributed by atoms with Gasteiger partial charge in [-0.05, 0) is 36.8 Å². The first-order valence-electron chi connectivity index (χ1n) is 7.55. The minimum atomic E-state index is -1.52. The van der Waals surface area contributed by atoms with Gasteiger partial charge in [0.05, 0.1) is 5.56 Å². The van der Waals surface area contributed by atoms with Gasteiger partial charge in [0.25, 0.3) is 0 Å². The van der Waals surface area contributed by atoms with Gasteiger partial charge in [-0.1, -0.05) is 18.5 Å². The van der Waals surface area contributed by atoms with E-state index in [0.29, 0.717) is 34.4 Å². The monoisotopic (exact) mass is 346 g/mol. The van der Waals surface area contributed by atoms with Crippen LogP contribution in [0.15, 0.2) is 35.3 Å². The van der Waals surface area contributed by atoms with Crippen LogP contribution in [-0.2, 0) is 6.42 Å². The number of fused-ring (bicyclic) bond motifs is 2. The van der Waals surface area contributed by atoms with E-state index >= 15 is 0 Å². The van der Waals surface area contributed by atoms with E-state index in [1.807, 2.05) is 30.0 Å². The molecule has 0 spiro atoms. The summed E-state index contributed by atoms with van der Waals surface area (Å²) in [6.45, 7) is 2.60. The molecule has 0 radical (unpaired) electrons. The van der Waals surface area contributed by atoms with E-state index in [4.69, 9.17) is 11.6 Å². The third-order valence-corrected chi connectivity index (χ3v) is 5.83. The standard InChI is InChI=1S/C17H15ClN2O2S/c1-2-12-9-13-14(21)17(22)7-8-20(16(17)19-15(13)23-12)11-5-3-10(18)4-6-11/h3-6,9,22H,2,7-8H2,1H3/t17-/m1/s1. The first-order valence-corrected chi connectivity index (χ1v) is 8.74. The highest BCUT2D eigenvalue weighted by atomic mass is 35.5. The number of benzene rings is 1. The molecule has 0 aliphatic carbocycles. The van der Waals surface area contributed by atoms with E-state index in [-0.39, 0.29) is 5.78 Å². The number of hydrogen-bond donors (Lipinski definition) is 1. The summed E-state index contributed by atoms with van der Waals surface area (Å²) in [5.74, 6) is 0.201. The Morgan fingerprint density at radius 3 is 2.83 bits per heavy atom. The van der Waals surface area contributed by atoms with Crippen molar-refractivity contribution in [1.82, 2.24) is 0 Å². The Morgan fingerprint density at radius 2 is 2.13 bits per heavy atom. The fourth-order valence-electron chi connectivity index (χ4n) is 3.13. The van der Waals surface area contributed by atoms with Crippen molar-refractivity contribution >= 4 is 45.2 Å². The minimum absolute atomic E-state index is 0.232. The minimum Gasteiger partial charge on any atom is -0.374 e. The summed E-state index contributed by atoms with van der Waals surface area (Å²) < 4.78 is 0. The second kappa shape index (κ2) is 5.16. The number of ketones is 1. The number of carbonyl (C=O) groups is 1. The summed E-state index contributed by atoms with van der Waals surface area (Å²) in [4.78, 5) is 20.5. The number of aryl methyl sites for hydroxylation is 1. The van der Waals surface area contributed by atoms with Crippen molar-refractivity contribution in [3.63, 3.8) is 0 Å². The number of hydrogen-bond acceptors (Lipinski definition) is 5. The van der Waals surface area contributed by atoms with Crippen LogP contribution in [0.3, 0.4) is 0 Å². The predicted octanol–water partition coefficient (Wildman–Crippen LogP) is 3.83. The molecule has 1 aromatic heterocycles. The molecule has 0 saturated carbocycles. The number of nitrogens with zero attached hydrogens (tertiary/aromatic N) is 2. The van der Waals surface area contributed by atoms with Gasteiger partial charge in [-0.15, -0.1) is 11.3 Å². The van der Waals surface area contributed by atoms with Crippen LogP contribution in [0, 0.1) is 0 Å². The molecular weight excluding hydrogens is 332 g/mol. The SMILES string of the molecule is CCc1cc2c(s1)N=C1N(c3ccc(Cl)cc3)CC[C@@]1(O)C2=O. The van der Waals surface area contributed by atoms with Gasteiger partial charge >= 0.3 is 0 Å². The lowest BCUT2D eigenvalue weighted by Crippen LogP contribution is -2.48.